The number of benzene rings is 1. The van der Waals surface area contributed by atoms with Crippen molar-refractivity contribution >= 4 is 5.91 Å². The van der Waals surface area contributed by atoms with Crippen molar-refractivity contribution in [2.45, 2.75) is 44.2 Å². The van der Waals surface area contributed by atoms with Crippen molar-refractivity contribution in [2.24, 2.45) is 5.73 Å². The maximum Gasteiger partial charge on any atom is 0.224 e. The monoisotopic (exact) mass is 322 g/mol. The topological polar surface area (TPSA) is 82.8 Å². The van der Waals surface area contributed by atoms with Crippen molar-refractivity contribution < 1.29 is 19.0 Å². The van der Waals surface area contributed by atoms with E-state index in [-0.39, 0.29) is 24.4 Å². The van der Waals surface area contributed by atoms with E-state index in [0.29, 0.717) is 17.2 Å². The van der Waals surface area contributed by atoms with Crippen molar-refractivity contribution in [3.63, 3.8) is 0 Å². The number of methoxy groups -OCH3 is 3. The number of carbonyl (C=O) groups excluding carboxylic acids is 1. The lowest BCUT2D eigenvalue weighted by molar-refractivity contribution is -0.121. The van der Waals surface area contributed by atoms with E-state index in [9.17, 15) is 4.79 Å². The average Bonchev–Trinajstić information content (AvgIpc) is 2.55. The summed E-state index contributed by atoms with van der Waals surface area (Å²) in [5.74, 6) is 1.64. The fraction of sp³-hybridized carbons (Fsp3) is 0.588. The van der Waals surface area contributed by atoms with Crippen LogP contribution in [0.1, 0.15) is 31.2 Å². The van der Waals surface area contributed by atoms with Crippen molar-refractivity contribution in [2.75, 3.05) is 21.3 Å². The van der Waals surface area contributed by atoms with Gasteiger partial charge in [-0.15, -0.1) is 0 Å². The molecule has 0 atom stereocenters. The van der Waals surface area contributed by atoms with Gasteiger partial charge in [-0.05, 0) is 43.4 Å². The van der Waals surface area contributed by atoms with Crippen LogP contribution in [0.25, 0.3) is 0 Å². The van der Waals surface area contributed by atoms with Crippen LogP contribution in [0.2, 0.25) is 0 Å². The fourth-order valence-corrected chi connectivity index (χ4v) is 2.97. The first-order chi connectivity index (χ1) is 11.1. The zero-order valence-electron chi connectivity index (χ0n) is 14.1. The number of hydrogen-bond donors (Lipinski definition) is 2. The van der Waals surface area contributed by atoms with E-state index in [1.165, 1.54) is 0 Å². The van der Waals surface area contributed by atoms with Crippen molar-refractivity contribution in [3.05, 3.63) is 17.7 Å². The van der Waals surface area contributed by atoms with E-state index in [1.807, 2.05) is 0 Å². The molecule has 2 rings (SSSR count). The number of amides is 1. The SMILES string of the molecule is COc1cc(CC(=O)NC2CCC(N)CC2)cc(OC)c1OC. The van der Waals surface area contributed by atoms with Crippen LogP contribution in [-0.4, -0.2) is 39.3 Å². The fourth-order valence-electron chi connectivity index (χ4n) is 2.97. The molecular formula is C17H26N2O4. The van der Waals surface area contributed by atoms with Gasteiger partial charge in [-0.3, -0.25) is 4.79 Å². The van der Waals surface area contributed by atoms with Crippen LogP contribution < -0.4 is 25.3 Å². The normalized spacial score (nSPS) is 20.7. The van der Waals surface area contributed by atoms with Crippen LogP contribution in [0.15, 0.2) is 12.1 Å². The summed E-state index contributed by atoms with van der Waals surface area (Å²) >= 11 is 0. The van der Waals surface area contributed by atoms with E-state index in [0.717, 1.165) is 31.2 Å². The van der Waals surface area contributed by atoms with Crippen LogP contribution in [-0.2, 0) is 11.2 Å². The van der Waals surface area contributed by atoms with Gasteiger partial charge in [0.1, 0.15) is 0 Å². The maximum absolute atomic E-state index is 12.3. The van der Waals surface area contributed by atoms with Crippen LogP contribution in [0.5, 0.6) is 17.2 Å². The first kappa shape index (κ1) is 17.4. The molecule has 1 amide bonds. The van der Waals surface area contributed by atoms with Gasteiger partial charge < -0.3 is 25.3 Å². The third-order valence-electron chi connectivity index (χ3n) is 4.23. The molecule has 0 aliphatic heterocycles. The molecule has 0 radical (unpaired) electrons. The summed E-state index contributed by atoms with van der Waals surface area (Å²) in [7, 11) is 4.68. The van der Waals surface area contributed by atoms with Gasteiger partial charge >= 0.3 is 0 Å². The highest BCUT2D eigenvalue weighted by molar-refractivity contribution is 5.79. The molecule has 1 aliphatic carbocycles. The highest BCUT2D eigenvalue weighted by atomic mass is 16.5. The molecule has 6 heteroatoms. The lowest BCUT2D eigenvalue weighted by Gasteiger charge is -2.26. The largest absolute Gasteiger partial charge is 0.493 e. The standard InChI is InChI=1S/C17H26N2O4/c1-21-14-8-11(9-15(22-2)17(14)23-3)10-16(20)19-13-6-4-12(18)5-7-13/h8-9,12-13H,4-7,10,18H2,1-3H3,(H,19,20). The smallest absolute Gasteiger partial charge is 0.224 e. The molecule has 1 saturated carbocycles. The quantitative estimate of drug-likeness (QED) is 0.832. The number of rotatable bonds is 6. The number of hydrogen-bond acceptors (Lipinski definition) is 5. The second kappa shape index (κ2) is 8.06. The van der Waals surface area contributed by atoms with Gasteiger partial charge in [0.2, 0.25) is 11.7 Å². The molecule has 1 aliphatic rings. The van der Waals surface area contributed by atoms with E-state index in [1.54, 1.807) is 33.5 Å². The number of carbonyl (C=O) groups is 1. The Morgan fingerprint density at radius 2 is 1.65 bits per heavy atom. The predicted octanol–water partition coefficient (Wildman–Crippen LogP) is 1.64. The van der Waals surface area contributed by atoms with Gasteiger partial charge in [0, 0.05) is 12.1 Å². The Labute approximate surface area is 137 Å². The third kappa shape index (κ3) is 4.51. The van der Waals surface area contributed by atoms with E-state index in [4.69, 9.17) is 19.9 Å². The second-order valence-electron chi connectivity index (χ2n) is 5.89. The summed E-state index contributed by atoms with van der Waals surface area (Å²) in [5.41, 5.74) is 6.71. The molecular weight excluding hydrogens is 296 g/mol. The van der Waals surface area contributed by atoms with Gasteiger partial charge in [0.25, 0.3) is 0 Å². The van der Waals surface area contributed by atoms with Crippen LogP contribution in [0.4, 0.5) is 0 Å². The summed E-state index contributed by atoms with van der Waals surface area (Å²) in [4.78, 5) is 12.3. The zero-order chi connectivity index (χ0) is 16.8. The van der Waals surface area contributed by atoms with Crippen LogP contribution >= 0.6 is 0 Å². The third-order valence-corrected chi connectivity index (χ3v) is 4.23. The Morgan fingerprint density at radius 1 is 1.09 bits per heavy atom. The van der Waals surface area contributed by atoms with Crippen molar-refractivity contribution in [1.82, 2.24) is 5.32 Å². The minimum Gasteiger partial charge on any atom is -0.493 e. The van der Waals surface area contributed by atoms with E-state index < -0.39 is 0 Å². The Morgan fingerprint density at radius 3 is 2.13 bits per heavy atom. The predicted molar refractivity (Wildman–Crippen MR) is 88.2 cm³/mol. The van der Waals surface area contributed by atoms with Crippen molar-refractivity contribution in [1.29, 1.82) is 0 Å². The number of ether oxygens (including phenoxy) is 3. The molecule has 1 aromatic carbocycles. The van der Waals surface area contributed by atoms with Gasteiger partial charge in [0.15, 0.2) is 11.5 Å². The van der Waals surface area contributed by atoms with E-state index >= 15 is 0 Å². The molecule has 6 nitrogen and oxygen atoms in total. The molecule has 0 heterocycles. The van der Waals surface area contributed by atoms with Crippen molar-refractivity contribution in [3.8, 4) is 17.2 Å². The lowest BCUT2D eigenvalue weighted by Crippen LogP contribution is -2.41. The number of nitrogens with two attached hydrogens (primary N) is 1. The Bertz CT molecular complexity index is 514. The maximum atomic E-state index is 12.3. The summed E-state index contributed by atoms with van der Waals surface area (Å²) < 4.78 is 15.9. The second-order valence-corrected chi connectivity index (χ2v) is 5.89. The highest BCUT2D eigenvalue weighted by Gasteiger charge is 2.21. The molecule has 0 saturated heterocycles. The minimum atomic E-state index is -0.000237. The van der Waals surface area contributed by atoms with E-state index in [2.05, 4.69) is 5.32 Å². The molecule has 1 fully saturated rings. The molecule has 128 valence electrons. The first-order valence-electron chi connectivity index (χ1n) is 7.91. The Hall–Kier alpha value is -1.95. The van der Waals surface area contributed by atoms with Gasteiger partial charge in [-0.1, -0.05) is 0 Å². The van der Waals surface area contributed by atoms with Crippen LogP contribution in [0, 0.1) is 0 Å². The molecule has 0 spiro atoms. The number of nitrogens with one attached hydrogen (secondary N) is 1. The highest BCUT2D eigenvalue weighted by Crippen LogP contribution is 2.38. The van der Waals surface area contributed by atoms with Gasteiger partial charge in [-0.2, -0.15) is 0 Å². The molecule has 0 aromatic heterocycles. The minimum absolute atomic E-state index is 0.000237. The molecule has 3 N–H and O–H groups in total. The summed E-state index contributed by atoms with van der Waals surface area (Å²) in [6.07, 6.45) is 4.11. The molecule has 23 heavy (non-hydrogen) atoms. The molecule has 0 unspecified atom stereocenters. The van der Waals surface area contributed by atoms with Gasteiger partial charge in [0.05, 0.1) is 27.8 Å². The first-order valence-corrected chi connectivity index (χ1v) is 7.91. The van der Waals surface area contributed by atoms with Crippen LogP contribution in [0.3, 0.4) is 0 Å². The lowest BCUT2D eigenvalue weighted by atomic mass is 9.91. The summed E-state index contributed by atoms with van der Waals surface area (Å²) in [6.45, 7) is 0. The summed E-state index contributed by atoms with van der Waals surface area (Å²) in [5, 5.41) is 3.08. The average molecular weight is 322 g/mol. The van der Waals surface area contributed by atoms with Gasteiger partial charge in [-0.25, -0.2) is 0 Å². The molecule has 0 bridgehead atoms. The summed E-state index contributed by atoms with van der Waals surface area (Å²) in [6, 6.07) is 4.11. The molecule has 1 aromatic rings. The Balaban J connectivity index is 2.02. The zero-order valence-corrected chi connectivity index (χ0v) is 14.1. The Kier molecular flexibility index (Phi) is 6.10.